The number of esters is 1. The number of hydrogen-bond donors (Lipinski definition) is 1. The van der Waals surface area contributed by atoms with Crippen LogP contribution in [-0.4, -0.2) is 41.1 Å². The maximum Gasteiger partial charge on any atom is 0.338 e. The number of anilines is 1. The Kier molecular flexibility index (Phi) is 8.22. The van der Waals surface area contributed by atoms with Gasteiger partial charge in [0.1, 0.15) is 12.6 Å². The molecular formula is C26H27ClN4O4S. The van der Waals surface area contributed by atoms with Gasteiger partial charge in [-0.3, -0.25) is 0 Å². The molecule has 0 radical (unpaired) electrons. The number of halogens is 1. The number of thioether (sulfide) groups is 1. The third-order valence-electron chi connectivity index (χ3n) is 5.50. The predicted molar refractivity (Wildman–Crippen MR) is 141 cm³/mol. The second-order valence-electron chi connectivity index (χ2n) is 7.84. The van der Waals surface area contributed by atoms with Gasteiger partial charge in [0.05, 0.1) is 19.3 Å². The van der Waals surface area contributed by atoms with Crippen LogP contribution in [0.3, 0.4) is 0 Å². The van der Waals surface area contributed by atoms with Gasteiger partial charge in [0.15, 0.2) is 11.5 Å². The third-order valence-corrected chi connectivity index (χ3v) is 6.76. The van der Waals surface area contributed by atoms with E-state index in [1.54, 1.807) is 11.8 Å². The molecule has 1 aromatic heterocycles. The van der Waals surface area contributed by atoms with Crippen molar-refractivity contribution in [3.8, 4) is 11.5 Å². The number of methoxy groups -OCH3 is 1. The van der Waals surface area contributed by atoms with Crippen LogP contribution in [0.5, 0.6) is 11.5 Å². The van der Waals surface area contributed by atoms with Crippen LogP contribution in [0.2, 0.25) is 5.02 Å². The second kappa shape index (κ2) is 11.5. The van der Waals surface area contributed by atoms with Crippen LogP contribution >= 0.6 is 23.4 Å². The zero-order chi connectivity index (χ0) is 25.7. The number of nitrogens with zero attached hydrogens (tertiary/aromatic N) is 3. The number of hydrogen-bond acceptors (Lipinski definition) is 8. The number of nitrogens with one attached hydrogen (secondary N) is 1. The van der Waals surface area contributed by atoms with E-state index in [0.29, 0.717) is 51.3 Å². The van der Waals surface area contributed by atoms with E-state index in [-0.39, 0.29) is 6.61 Å². The molecule has 1 unspecified atom stereocenters. The van der Waals surface area contributed by atoms with Crippen molar-refractivity contribution >= 4 is 35.3 Å². The van der Waals surface area contributed by atoms with Crippen LogP contribution in [0.1, 0.15) is 31.0 Å². The van der Waals surface area contributed by atoms with Crippen LogP contribution in [-0.2, 0) is 15.3 Å². The monoisotopic (exact) mass is 526 g/mol. The van der Waals surface area contributed by atoms with Gasteiger partial charge in [-0.25, -0.2) is 9.48 Å². The standard InChI is InChI=1S/C26H27ClN4O4S/c1-5-13-35-24(32)22-16(3)28-25-29-26(36-15-18-9-7-8-10-19(18)27)30-31(25)23(22)17-11-12-20(34-6-2)21(14-17)33-4/h5,7-12,14,23H,1,6,13,15H2,2-4H3,(H,28,29,30). The zero-order valence-corrected chi connectivity index (χ0v) is 21.9. The zero-order valence-electron chi connectivity index (χ0n) is 20.3. The number of allylic oxidation sites excluding steroid dienone is 1. The Morgan fingerprint density at radius 2 is 2.08 bits per heavy atom. The maximum atomic E-state index is 13.1. The quantitative estimate of drug-likeness (QED) is 0.206. The Bertz CT molecular complexity index is 1310. The number of ether oxygens (including phenoxy) is 3. The summed E-state index contributed by atoms with van der Waals surface area (Å²) in [7, 11) is 1.58. The number of aromatic nitrogens is 3. The summed E-state index contributed by atoms with van der Waals surface area (Å²) < 4.78 is 18.4. The maximum absolute atomic E-state index is 13.1. The summed E-state index contributed by atoms with van der Waals surface area (Å²) in [6.07, 6.45) is 1.53. The topological polar surface area (TPSA) is 87.5 Å². The average molecular weight is 527 g/mol. The minimum atomic E-state index is -0.592. The number of fused-ring (bicyclic) bond motifs is 1. The summed E-state index contributed by atoms with van der Waals surface area (Å²) in [5, 5.41) is 9.19. The van der Waals surface area contributed by atoms with Crippen molar-refractivity contribution in [3.63, 3.8) is 0 Å². The molecule has 1 aliphatic rings. The highest BCUT2D eigenvalue weighted by atomic mass is 35.5. The Morgan fingerprint density at radius 1 is 1.28 bits per heavy atom. The highest BCUT2D eigenvalue weighted by molar-refractivity contribution is 7.98. The van der Waals surface area contributed by atoms with E-state index in [1.165, 1.54) is 17.8 Å². The van der Waals surface area contributed by atoms with Crippen molar-refractivity contribution in [3.05, 3.63) is 82.5 Å². The Hall–Kier alpha value is -3.43. The lowest BCUT2D eigenvalue weighted by Gasteiger charge is -2.28. The van der Waals surface area contributed by atoms with Gasteiger partial charge >= 0.3 is 5.97 Å². The molecule has 2 aromatic carbocycles. The first-order chi connectivity index (χ1) is 17.5. The minimum Gasteiger partial charge on any atom is -0.493 e. The molecule has 2 heterocycles. The Labute approximate surface area is 219 Å². The van der Waals surface area contributed by atoms with E-state index in [4.69, 9.17) is 30.9 Å². The fraction of sp³-hybridized carbons (Fsp3) is 0.269. The minimum absolute atomic E-state index is 0.0953. The van der Waals surface area contributed by atoms with E-state index in [2.05, 4.69) is 16.9 Å². The summed E-state index contributed by atoms with van der Waals surface area (Å²) in [4.78, 5) is 17.8. The average Bonchev–Trinajstić information content (AvgIpc) is 3.28. The second-order valence-corrected chi connectivity index (χ2v) is 9.19. The third kappa shape index (κ3) is 5.37. The van der Waals surface area contributed by atoms with E-state index < -0.39 is 12.0 Å². The first-order valence-electron chi connectivity index (χ1n) is 11.4. The van der Waals surface area contributed by atoms with Crippen molar-refractivity contribution < 1.29 is 19.0 Å². The fourth-order valence-electron chi connectivity index (χ4n) is 3.86. The van der Waals surface area contributed by atoms with Gasteiger partial charge < -0.3 is 19.5 Å². The van der Waals surface area contributed by atoms with Crippen molar-refractivity contribution in [1.82, 2.24) is 14.8 Å². The fourth-order valence-corrected chi connectivity index (χ4v) is 4.98. The van der Waals surface area contributed by atoms with Crippen LogP contribution in [0.15, 0.2) is 71.5 Å². The summed E-state index contributed by atoms with van der Waals surface area (Å²) in [6.45, 7) is 7.96. The van der Waals surface area contributed by atoms with Gasteiger partial charge in [-0.05, 0) is 43.2 Å². The molecule has 1 N–H and O–H groups in total. The van der Waals surface area contributed by atoms with Gasteiger partial charge in [0, 0.05) is 16.5 Å². The van der Waals surface area contributed by atoms with Gasteiger partial charge in [0.2, 0.25) is 11.1 Å². The van der Waals surface area contributed by atoms with Gasteiger partial charge in [-0.2, -0.15) is 4.98 Å². The van der Waals surface area contributed by atoms with Crippen molar-refractivity contribution in [1.29, 1.82) is 0 Å². The van der Waals surface area contributed by atoms with Gasteiger partial charge in [-0.15, -0.1) is 5.10 Å². The largest absolute Gasteiger partial charge is 0.493 e. The Morgan fingerprint density at radius 3 is 2.81 bits per heavy atom. The van der Waals surface area contributed by atoms with Gasteiger partial charge in [0.25, 0.3) is 0 Å². The first kappa shape index (κ1) is 25.7. The number of benzene rings is 2. The molecule has 0 fully saturated rings. The lowest BCUT2D eigenvalue weighted by atomic mass is 9.95. The van der Waals surface area contributed by atoms with E-state index in [9.17, 15) is 4.79 Å². The molecule has 0 saturated heterocycles. The number of rotatable bonds is 10. The SMILES string of the molecule is C=CCOC(=O)C1=C(C)Nc2nc(SCc3ccccc3Cl)nn2C1c1ccc(OCC)c(OC)c1. The van der Waals surface area contributed by atoms with Crippen LogP contribution < -0.4 is 14.8 Å². The van der Waals surface area contributed by atoms with Crippen molar-refractivity contribution in [2.24, 2.45) is 0 Å². The van der Waals surface area contributed by atoms with Crippen LogP contribution in [0.4, 0.5) is 5.95 Å². The molecule has 8 nitrogen and oxygen atoms in total. The molecule has 188 valence electrons. The number of carbonyl (C=O) groups excluding carboxylic acids is 1. The molecule has 10 heteroatoms. The molecule has 1 aliphatic heterocycles. The summed E-state index contributed by atoms with van der Waals surface area (Å²) in [5.41, 5.74) is 2.81. The molecule has 3 aromatic rings. The van der Waals surface area contributed by atoms with E-state index in [1.807, 2.05) is 56.3 Å². The van der Waals surface area contributed by atoms with Crippen molar-refractivity contribution in [2.45, 2.75) is 30.8 Å². The van der Waals surface area contributed by atoms with Crippen molar-refractivity contribution in [2.75, 3.05) is 25.6 Å². The molecule has 0 amide bonds. The summed E-state index contributed by atoms with van der Waals surface area (Å²) >= 11 is 7.77. The molecular weight excluding hydrogens is 500 g/mol. The Balaban J connectivity index is 1.74. The lowest BCUT2D eigenvalue weighted by molar-refractivity contribution is -0.138. The highest BCUT2D eigenvalue weighted by Gasteiger charge is 2.35. The molecule has 4 rings (SSSR count). The van der Waals surface area contributed by atoms with Gasteiger partial charge in [-0.1, -0.05) is 60.3 Å². The molecule has 0 saturated carbocycles. The predicted octanol–water partition coefficient (Wildman–Crippen LogP) is 5.65. The molecule has 0 spiro atoms. The van der Waals surface area contributed by atoms with E-state index >= 15 is 0 Å². The van der Waals surface area contributed by atoms with Crippen LogP contribution in [0, 0.1) is 0 Å². The summed E-state index contributed by atoms with van der Waals surface area (Å²) in [5.74, 6) is 1.82. The molecule has 0 bridgehead atoms. The number of carbonyl (C=O) groups is 1. The van der Waals surface area contributed by atoms with E-state index in [0.717, 1.165) is 11.1 Å². The smallest absolute Gasteiger partial charge is 0.338 e. The lowest BCUT2D eigenvalue weighted by Crippen LogP contribution is -2.29. The van der Waals surface area contributed by atoms with Crippen LogP contribution in [0.25, 0.3) is 0 Å². The highest BCUT2D eigenvalue weighted by Crippen LogP contribution is 2.40. The normalized spacial score (nSPS) is 14.6. The molecule has 36 heavy (non-hydrogen) atoms. The summed E-state index contributed by atoms with van der Waals surface area (Å²) in [6, 6.07) is 12.6. The molecule has 1 atom stereocenters. The molecule has 0 aliphatic carbocycles. The first-order valence-corrected chi connectivity index (χ1v) is 12.7.